The number of thiophene rings is 1. The second-order valence-corrected chi connectivity index (χ2v) is 10.0. The lowest BCUT2D eigenvalue weighted by Gasteiger charge is -2.14. The first-order valence-corrected chi connectivity index (χ1v) is 12.2. The normalized spacial score (nSPS) is 11.8. The van der Waals surface area contributed by atoms with Crippen LogP contribution in [0.3, 0.4) is 0 Å². The lowest BCUT2D eigenvalue weighted by Crippen LogP contribution is -2.37. The molecular weight excluding hydrogens is 452 g/mol. The van der Waals surface area contributed by atoms with Gasteiger partial charge < -0.3 is 10.6 Å². The highest BCUT2D eigenvalue weighted by Crippen LogP contribution is 2.37. The van der Waals surface area contributed by atoms with E-state index in [4.69, 9.17) is 0 Å². The fourth-order valence-corrected chi connectivity index (χ4v) is 5.38. The standard InChI is InChI=1S/C25H24N4O2S2/c1-15-8-7-9-16(2)22(15)29-21(30)13-26-23(31)17(3)32-24-19-12-20(18-10-5-4-6-11-18)33-25(19)28-14-27-24/h4-12,14,17H,13H2,1-3H3,(H,26,31)(H,29,30). The molecule has 6 nitrogen and oxygen atoms in total. The van der Waals surface area contributed by atoms with Gasteiger partial charge in [-0.2, -0.15) is 0 Å². The van der Waals surface area contributed by atoms with Gasteiger partial charge in [-0.25, -0.2) is 9.97 Å². The minimum absolute atomic E-state index is 0.0900. The van der Waals surface area contributed by atoms with E-state index in [9.17, 15) is 9.59 Å². The molecule has 0 saturated heterocycles. The minimum Gasteiger partial charge on any atom is -0.346 e. The van der Waals surface area contributed by atoms with Crippen LogP contribution in [-0.4, -0.2) is 33.6 Å². The molecule has 2 amide bonds. The topological polar surface area (TPSA) is 84.0 Å². The highest BCUT2D eigenvalue weighted by molar-refractivity contribution is 8.00. The number of thioether (sulfide) groups is 1. The van der Waals surface area contributed by atoms with Gasteiger partial charge in [0.15, 0.2) is 0 Å². The molecule has 2 aromatic heterocycles. The fourth-order valence-electron chi connectivity index (χ4n) is 3.40. The van der Waals surface area contributed by atoms with Crippen LogP contribution in [0.15, 0.2) is 66.0 Å². The molecule has 4 aromatic rings. The number of nitrogens with one attached hydrogen (secondary N) is 2. The zero-order valence-electron chi connectivity index (χ0n) is 18.6. The minimum atomic E-state index is -0.420. The summed E-state index contributed by atoms with van der Waals surface area (Å²) in [7, 11) is 0. The number of carbonyl (C=O) groups is 2. The Hall–Kier alpha value is -3.23. The second-order valence-electron chi connectivity index (χ2n) is 7.67. The third kappa shape index (κ3) is 5.40. The van der Waals surface area contributed by atoms with Crippen LogP contribution in [-0.2, 0) is 9.59 Å². The van der Waals surface area contributed by atoms with Gasteiger partial charge >= 0.3 is 0 Å². The largest absolute Gasteiger partial charge is 0.346 e. The van der Waals surface area contributed by atoms with Crippen molar-refractivity contribution in [3.05, 3.63) is 72.1 Å². The van der Waals surface area contributed by atoms with Gasteiger partial charge in [0.05, 0.1) is 11.8 Å². The molecule has 168 valence electrons. The van der Waals surface area contributed by atoms with E-state index in [1.54, 1.807) is 11.3 Å². The molecule has 33 heavy (non-hydrogen) atoms. The Balaban J connectivity index is 1.39. The summed E-state index contributed by atoms with van der Waals surface area (Å²) >= 11 is 2.96. The van der Waals surface area contributed by atoms with Gasteiger partial charge in [-0.05, 0) is 43.5 Å². The molecule has 4 rings (SSSR count). The van der Waals surface area contributed by atoms with Gasteiger partial charge in [0.25, 0.3) is 0 Å². The number of aryl methyl sites for hydroxylation is 2. The molecule has 1 unspecified atom stereocenters. The van der Waals surface area contributed by atoms with Gasteiger partial charge in [-0.1, -0.05) is 60.3 Å². The van der Waals surface area contributed by atoms with E-state index in [1.807, 2.05) is 57.2 Å². The molecule has 2 aromatic carbocycles. The number of hydrogen-bond acceptors (Lipinski definition) is 6. The Kier molecular flexibility index (Phi) is 7.05. The maximum absolute atomic E-state index is 12.6. The van der Waals surface area contributed by atoms with E-state index in [2.05, 4.69) is 38.8 Å². The number of benzene rings is 2. The predicted octanol–water partition coefficient (Wildman–Crippen LogP) is 5.21. The van der Waals surface area contributed by atoms with Crippen LogP contribution < -0.4 is 10.6 Å². The maximum atomic E-state index is 12.6. The van der Waals surface area contributed by atoms with Crippen molar-refractivity contribution < 1.29 is 9.59 Å². The fraction of sp³-hybridized carbons (Fsp3) is 0.200. The Morgan fingerprint density at radius 1 is 1.03 bits per heavy atom. The SMILES string of the molecule is Cc1cccc(C)c1NC(=O)CNC(=O)C(C)Sc1ncnc2sc(-c3ccccc3)cc12. The zero-order valence-corrected chi connectivity index (χ0v) is 20.2. The Labute approximate surface area is 200 Å². The van der Waals surface area contributed by atoms with Crippen LogP contribution >= 0.6 is 23.1 Å². The summed E-state index contributed by atoms with van der Waals surface area (Å²) in [5.41, 5.74) is 3.88. The second kappa shape index (κ2) is 10.1. The Bertz CT molecular complexity index is 1280. The summed E-state index contributed by atoms with van der Waals surface area (Å²) in [4.78, 5) is 35.8. The molecule has 2 heterocycles. The number of carbonyl (C=O) groups excluding carboxylic acids is 2. The van der Waals surface area contributed by atoms with Gasteiger partial charge in [-0.3, -0.25) is 9.59 Å². The quantitative estimate of drug-likeness (QED) is 0.283. The average molecular weight is 477 g/mol. The lowest BCUT2D eigenvalue weighted by molar-refractivity contribution is -0.123. The maximum Gasteiger partial charge on any atom is 0.243 e. The molecule has 0 aliphatic heterocycles. The van der Waals surface area contributed by atoms with Crippen molar-refractivity contribution in [3.8, 4) is 10.4 Å². The average Bonchev–Trinajstić information content (AvgIpc) is 3.26. The predicted molar refractivity (Wildman–Crippen MR) is 136 cm³/mol. The summed E-state index contributed by atoms with van der Waals surface area (Å²) in [6, 6.07) is 18.0. The Morgan fingerprint density at radius 2 is 1.76 bits per heavy atom. The third-order valence-electron chi connectivity index (χ3n) is 5.18. The first kappa shape index (κ1) is 22.9. The smallest absolute Gasteiger partial charge is 0.243 e. The highest BCUT2D eigenvalue weighted by atomic mass is 32.2. The molecule has 0 aliphatic carbocycles. The number of anilines is 1. The molecule has 0 fully saturated rings. The third-order valence-corrected chi connectivity index (χ3v) is 7.39. The van der Waals surface area contributed by atoms with E-state index in [0.717, 1.165) is 42.5 Å². The van der Waals surface area contributed by atoms with Crippen LogP contribution in [0.1, 0.15) is 18.1 Å². The summed E-state index contributed by atoms with van der Waals surface area (Å²) < 4.78 is 0. The van der Waals surface area contributed by atoms with Crippen molar-refractivity contribution in [1.29, 1.82) is 0 Å². The van der Waals surface area contributed by atoms with Crippen molar-refractivity contribution in [2.75, 3.05) is 11.9 Å². The van der Waals surface area contributed by atoms with Crippen LogP contribution in [0, 0.1) is 13.8 Å². The van der Waals surface area contributed by atoms with Crippen molar-refractivity contribution in [3.63, 3.8) is 0 Å². The number of nitrogens with zero attached hydrogens (tertiary/aromatic N) is 2. The van der Waals surface area contributed by atoms with E-state index >= 15 is 0 Å². The van der Waals surface area contributed by atoms with Gasteiger partial charge in [-0.15, -0.1) is 11.3 Å². The molecular formula is C25H24N4O2S2. The highest BCUT2D eigenvalue weighted by Gasteiger charge is 2.19. The van der Waals surface area contributed by atoms with Crippen molar-refractivity contribution >= 4 is 50.8 Å². The first-order valence-electron chi connectivity index (χ1n) is 10.5. The molecule has 0 saturated carbocycles. The first-order chi connectivity index (χ1) is 15.9. The Morgan fingerprint density at radius 3 is 2.48 bits per heavy atom. The summed E-state index contributed by atoms with van der Waals surface area (Å²) in [5, 5.41) is 6.87. The van der Waals surface area contributed by atoms with Crippen LogP contribution in [0.5, 0.6) is 0 Å². The number of rotatable bonds is 7. The van der Waals surface area contributed by atoms with Crippen molar-refractivity contribution in [2.45, 2.75) is 31.0 Å². The van der Waals surface area contributed by atoms with E-state index in [1.165, 1.54) is 18.1 Å². The zero-order chi connectivity index (χ0) is 23.4. The number of aromatic nitrogens is 2. The molecule has 0 radical (unpaired) electrons. The van der Waals surface area contributed by atoms with Crippen molar-refractivity contribution in [2.24, 2.45) is 0 Å². The van der Waals surface area contributed by atoms with E-state index in [-0.39, 0.29) is 18.4 Å². The monoisotopic (exact) mass is 476 g/mol. The van der Waals surface area contributed by atoms with Crippen LogP contribution in [0.25, 0.3) is 20.7 Å². The molecule has 0 bridgehead atoms. The molecule has 0 spiro atoms. The summed E-state index contributed by atoms with van der Waals surface area (Å²) in [5.74, 6) is -0.477. The van der Waals surface area contributed by atoms with E-state index < -0.39 is 5.25 Å². The number of para-hydroxylation sites is 1. The molecule has 0 aliphatic rings. The van der Waals surface area contributed by atoms with Gasteiger partial charge in [0, 0.05) is 16.0 Å². The van der Waals surface area contributed by atoms with Gasteiger partial charge in [0.2, 0.25) is 11.8 Å². The number of fused-ring (bicyclic) bond motifs is 1. The summed E-state index contributed by atoms with van der Waals surface area (Å²) in [6.45, 7) is 5.60. The van der Waals surface area contributed by atoms with Crippen LogP contribution in [0.2, 0.25) is 0 Å². The number of hydrogen-bond donors (Lipinski definition) is 2. The summed E-state index contributed by atoms with van der Waals surface area (Å²) in [6.07, 6.45) is 1.53. The van der Waals surface area contributed by atoms with Crippen molar-refractivity contribution in [1.82, 2.24) is 15.3 Å². The van der Waals surface area contributed by atoms with Gasteiger partial charge in [0.1, 0.15) is 16.2 Å². The lowest BCUT2D eigenvalue weighted by atomic mass is 10.1. The molecule has 1 atom stereocenters. The molecule has 8 heteroatoms. The number of amides is 2. The molecule has 2 N–H and O–H groups in total. The van der Waals surface area contributed by atoms with Crippen LogP contribution in [0.4, 0.5) is 5.69 Å². The van der Waals surface area contributed by atoms with E-state index in [0.29, 0.717) is 0 Å².